The Kier molecular flexibility index (Phi) is 12.2. The summed E-state index contributed by atoms with van der Waals surface area (Å²) in [7, 11) is 2.65. The Morgan fingerprint density at radius 3 is 2.00 bits per heavy atom. The fourth-order valence-electron chi connectivity index (χ4n) is 12.3. The summed E-state index contributed by atoms with van der Waals surface area (Å²) in [5.74, 6) is 1.64. The summed E-state index contributed by atoms with van der Waals surface area (Å²) in [5, 5.41) is 5.73. The van der Waals surface area contributed by atoms with Crippen molar-refractivity contribution in [3.8, 4) is 33.5 Å². The molecular formula is C52H60N8O8. The van der Waals surface area contributed by atoms with Gasteiger partial charge in [0.25, 0.3) is 0 Å². The average Bonchev–Trinajstić information content (AvgIpc) is 4.26. The molecule has 6 heterocycles. The van der Waals surface area contributed by atoms with Crippen molar-refractivity contribution in [2.75, 3.05) is 47.2 Å². The molecule has 4 aliphatic heterocycles. The number of carbonyl (C=O) groups is 4. The van der Waals surface area contributed by atoms with Gasteiger partial charge in [0.15, 0.2) is 0 Å². The van der Waals surface area contributed by atoms with Crippen LogP contribution in [0.3, 0.4) is 0 Å². The highest BCUT2D eigenvalue weighted by Gasteiger charge is 2.52. The van der Waals surface area contributed by atoms with Gasteiger partial charge in [-0.2, -0.15) is 0 Å². The number of piperidine rings is 1. The number of imidazole rings is 2. The lowest BCUT2D eigenvalue weighted by Crippen LogP contribution is -2.55. The first-order valence-electron chi connectivity index (χ1n) is 24.5. The highest BCUT2D eigenvalue weighted by atomic mass is 16.5. The third-order valence-corrected chi connectivity index (χ3v) is 15.8. The molecule has 16 nitrogen and oxygen atoms in total. The van der Waals surface area contributed by atoms with E-state index in [1.807, 2.05) is 16.0 Å². The van der Waals surface area contributed by atoms with Gasteiger partial charge in [0.2, 0.25) is 11.8 Å². The van der Waals surface area contributed by atoms with Gasteiger partial charge in [-0.05, 0) is 146 Å². The van der Waals surface area contributed by atoms with E-state index in [1.54, 1.807) is 0 Å². The minimum Gasteiger partial charge on any atom is -0.453 e. The Morgan fingerprint density at radius 2 is 1.32 bits per heavy atom. The molecule has 6 aliphatic rings. The normalized spacial score (nSPS) is 23.5. The molecule has 0 spiro atoms. The molecule has 2 aromatic heterocycles. The summed E-state index contributed by atoms with van der Waals surface area (Å²) in [6.07, 6.45) is 9.84. The zero-order chi connectivity index (χ0) is 46.5. The van der Waals surface area contributed by atoms with Gasteiger partial charge in [-0.25, -0.2) is 19.6 Å². The third-order valence-electron chi connectivity index (χ3n) is 15.8. The van der Waals surface area contributed by atoms with E-state index in [1.165, 1.54) is 36.5 Å². The number of H-pyrrole nitrogens is 2. The van der Waals surface area contributed by atoms with E-state index in [2.05, 4.69) is 75.2 Å². The summed E-state index contributed by atoms with van der Waals surface area (Å²) in [4.78, 5) is 74.5. The maximum atomic E-state index is 14.5. The standard InChI is InChI=1S/C52H60N8O8/c1-65-51(63)57-44(29-15-20-67-21-16-29)49(61)59-19-3-4-43(59)47-53-28-42(56-47)35-9-13-39-34(25-35)6-5-33-24-31(8-12-38(33)39)32-10-14-40-41(27-32)55-48(54-40)46-36-7-11-37(26-36)60(46)50(62)45(58-52(64)66-2)30-17-22-68-23-18-30/h8-10,12-14,24-25,27-30,36-37,43-46H,3-7,11,15-23,26H2,1-2H3,(H,53,56)(H,54,55)(H,57,63)(H,58,64)/t36-,37+,43-,44?,45-,46-/m0/s1. The second-order valence-corrected chi connectivity index (χ2v) is 19.5. The van der Waals surface area contributed by atoms with Gasteiger partial charge in [-0.15, -0.1) is 0 Å². The van der Waals surface area contributed by atoms with E-state index in [0.717, 1.165) is 90.0 Å². The van der Waals surface area contributed by atoms with Crippen LogP contribution in [0.15, 0.2) is 60.8 Å². The maximum absolute atomic E-state index is 14.5. The molecule has 5 aromatic rings. The van der Waals surface area contributed by atoms with Crippen LogP contribution in [0.5, 0.6) is 0 Å². The van der Waals surface area contributed by atoms with Crippen LogP contribution in [0, 0.1) is 17.8 Å². The molecule has 1 unspecified atom stereocenters. The highest BCUT2D eigenvalue weighted by molar-refractivity contribution is 5.89. The number of hydrogen-bond acceptors (Lipinski definition) is 10. The van der Waals surface area contributed by atoms with Crippen LogP contribution in [0.1, 0.15) is 92.6 Å². The first-order valence-corrected chi connectivity index (χ1v) is 24.5. The summed E-state index contributed by atoms with van der Waals surface area (Å²) < 4.78 is 21.0. The van der Waals surface area contributed by atoms with Crippen molar-refractivity contribution >= 4 is 35.0 Å². The number of amides is 4. The lowest BCUT2D eigenvalue weighted by Gasteiger charge is -2.39. The second kappa shape index (κ2) is 18.7. The Balaban J connectivity index is 0.799. The number of nitrogens with one attached hydrogen (secondary N) is 4. The first-order chi connectivity index (χ1) is 33.2. The molecule has 4 N–H and O–H groups in total. The van der Waals surface area contributed by atoms with Crippen molar-refractivity contribution in [3.05, 3.63) is 83.6 Å². The average molecular weight is 925 g/mol. The number of hydrogen-bond donors (Lipinski definition) is 4. The number of likely N-dealkylation sites (tertiary alicyclic amines) is 2. The molecule has 2 aliphatic carbocycles. The molecule has 11 rings (SSSR count). The molecule has 6 atom stereocenters. The Bertz CT molecular complexity index is 2720. The minimum atomic E-state index is -0.681. The molecule has 1 saturated carbocycles. The number of aryl methyl sites for hydroxylation is 2. The van der Waals surface area contributed by atoms with Crippen molar-refractivity contribution in [2.45, 2.75) is 101 Å². The predicted molar refractivity (Wildman–Crippen MR) is 252 cm³/mol. The van der Waals surface area contributed by atoms with Crippen LogP contribution in [-0.4, -0.2) is 119 Å². The Labute approximate surface area is 395 Å². The lowest BCUT2D eigenvalue weighted by molar-refractivity contribution is -0.140. The van der Waals surface area contributed by atoms with E-state index in [-0.39, 0.29) is 41.8 Å². The van der Waals surface area contributed by atoms with Crippen LogP contribution in [-0.2, 0) is 41.4 Å². The number of carbonyl (C=O) groups excluding carboxylic acids is 4. The molecule has 16 heteroatoms. The molecule has 2 bridgehead atoms. The molecule has 0 radical (unpaired) electrons. The van der Waals surface area contributed by atoms with Crippen LogP contribution < -0.4 is 10.6 Å². The Hall–Kier alpha value is -6.26. The van der Waals surface area contributed by atoms with Crippen molar-refractivity contribution in [1.82, 2.24) is 40.4 Å². The Morgan fingerprint density at radius 1 is 0.706 bits per heavy atom. The minimum absolute atomic E-state index is 0.0248. The number of nitrogens with zero attached hydrogens (tertiary/aromatic N) is 4. The zero-order valence-electron chi connectivity index (χ0n) is 38.8. The van der Waals surface area contributed by atoms with E-state index in [9.17, 15) is 19.2 Å². The number of methoxy groups -OCH3 is 2. The molecule has 4 amide bonds. The van der Waals surface area contributed by atoms with E-state index in [4.69, 9.17) is 28.9 Å². The van der Waals surface area contributed by atoms with Gasteiger partial charge < -0.3 is 49.3 Å². The highest BCUT2D eigenvalue weighted by Crippen LogP contribution is 2.50. The van der Waals surface area contributed by atoms with E-state index in [0.29, 0.717) is 64.6 Å². The van der Waals surface area contributed by atoms with Gasteiger partial charge in [0.05, 0.1) is 49.2 Å². The molecule has 3 aromatic carbocycles. The summed E-state index contributed by atoms with van der Waals surface area (Å²) in [6, 6.07) is 18.1. The van der Waals surface area contributed by atoms with Gasteiger partial charge in [-0.3, -0.25) is 9.59 Å². The van der Waals surface area contributed by atoms with Crippen molar-refractivity contribution < 1.29 is 38.1 Å². The molecule has 5 fully saturated rings. The predicted octanol–water partition coefficient (Wildman–Crippen LogP) is 7.40. The van der Waals surface area contributed by atoms with Crippen molar-refractivity contribution in [3.63, 3.8) is 0 Å². The largest absolute Gasteiger partial charge is 0.453 e. The lowest BCUT2D eigenvalue weighted by atomic mass is 9.83. The van der Waals surface area contributed by atoms with Crippen molar-refractivity contribution in [2.24, 2.45) is 17.8 Å². The van der Waals surface area contributed by atoms with Crippen LogP contribution >= 0.6 is 0 Å². The molecule has 356 valence electrons. The summed E-state index contributed by atoms with van der Waals surface area (Å²) in [5.41, 5.74) is 11.0. The van der Waals surface area contributed by atoms with E-state index < -0.39 is 24.3 Å². The van der Waals surface area contributed by atoms with Gasteiger partial charge in [0, 0.05) is 39.0 Å². The van der Waals surface area contributed by atoms with E-state index >= 15 is 0 Å². The van der Waals surface area contributed by atoms with Crippen LogP contribution in [0.25, 0.3) is 44.5 Å². The number of aromatic amines is 2. The van der Waals surface area contributed by atoms with Crippen LogP contribution in [0.4, 0.5) is 9.59 Å². The molecule has 4 saturated heterocycles. The quantitative estimate of drug-likeness (QED) is 0.110. The maximum Gasteiger partial charge on any atom is 0.407 e. The number of alkyl carbamates (subject to hydrolysis) is 2. The summed E-state index contributed by atoms with van der Waals surface area (Å²) in [6.45, 7) is 2.86. The first kappa shape index (κ1) is 44.3. The zero-order valence-corrected chi connectivity index (χ0v) is 38.8. The van der Waals surface area contributed by atoms with Gasteiger partial charge >= 0.3 is 12.2 Å². The number of aromatic nitrogens is 4. The number of ether oxygens (including phenoxy) is 4. The monoisotopic (exact) mass is 924 g/mol. The fraction of sp³-hybridized carbons (Fsp3) is 0.500. The van der Waals surface area contributed by atoms with Gasteiger partial charge in [-0.1, -0.05) is 36.4 Å². The topological polar surface area (TPSA) is 193 Å². The molecule has 68 heavy (non-hydrogen) atoms. The fourth-order valence-corrected chi connectivity index (χ4v) is 12.3. The summed E-state index contributed by atoms with van der Waals surface area (Å²) >= 11 is 0. The second-order valence-electron chi connectivity index (χ2n) is 19.5. The SMILES string of the molecule is COC(=O)NC(C(=O)N1CCC[C@H]1c1ncc(-c2ccc3c(c2)CCc2cc(-c4ccc5nc([C@@H]6[C@H]7CC[C@H](C7)N6C(=O)[C@@H](NC(=O)OC)C6CCOCC6)[nH]c5c4)ccc2-3)[nH]1)C1CCOCC1. The number of benzene rings is 3. The smallest absolute Gasteiger partial charge is 0.407 e. The van der Waals surface area contributed by atoms with Crippen LogP contribution in [0.2, 0.25) is 0 Å². The molecular weight excluding hydrogens is 865 g/mol. The third kappa shape index (κ3) is 8.28. The van der Waals surface area contributed by atoms with Gasteiger partial charge in [0.1, 0.15) is 23.7 Å². The number of fused-ring (bicyclic) bond motifs is 6. The number of rotatable bonds is 10. The van der Waals surface area contributed by atoms with Crippen molar-refractivity contribution in [1.29, 1.82) is 0 Å².